The van der Waals surface area contributed by atoms with Crippen molar-refractivity contribution in [2.75, 3.05) is 0 Å². The first-order valence-electron chi connectivity index (χ1n) is 6.11. The van der Waals surface area contributed by atoms with E-state index in [1.165, 1.54) is 0 Å². The quantitative estimate of drug-likeness (QED) is 0.816. The highest BCUT2D eigenvalue weighted by atomic mass is 35.5. The van der Waals surface area contributed by atoms with Crippen molar-refractivity contribution >= 4 is 40.7 Å². The maximum Gasteiger partial charge on any atom is 0.254 e. The predicted octanol–water partition coefficient (Wildman–Crippen LogP) is 3.68. The third-order valence-electron chi connectivity index (χ3n) is 3.30. The summed E-state index contributed by atoms with van der Waals surface area (Å²) >= 11 is 17.9. The Balaban J connectivity index is 2.10. The highest BCUT2D eigenvalue weighted by Gasteiger charge is 2.24. The number of hydrogen-bond donors (Lipinski definition) is 2. The van der Waals surface area contributed by atoms with Crippen LogP contribution < -0.4 is 5.32 Å². The molecule has 104 valence electrons. The van der Waals surface area contributed by atoms with Gasteiger partial charge in [-0.15, -0.1) is 0 Å². The normalized spacial score (nSPS) is 23.2. The Labute approximate surface area is 126 Å². The number of rotatable bonds is 2. The number of carbonyl (C=O) groups is 1. The molecule has 0 aromatic heterocycles. The van der Waals surface area contributed by atoms with E-state index in [-0.39, 0.29) is 33.7 Å². The molecule has 0 bridgehead atoms. The van der Waals surface area contributed by atoms with Crippen LogP contribution in [0.3, 0.4) is 0 Å². The zero-order valence-electron chi connectivity index (χ0n) is 10.1. The van der Waals surface area contributed by atoms with Crippen molar-refractivity contribution in [2.45, 2.75) is 37.8 Å². The van der Waals surface area contributed by atoms with Gasteiger partial charge in [0.25, 0.3) is 5.91 Å². The van der Waals surface area contributed by atoms with E-state index in [1.54, 1.807) is 12.1 Å². The van der Waals surface area contributed by atoms with Crippen LogP contribution in [0, 0.1) is 0 Å². The minimum Gasteiger partial charge on any atom is -0.393 e. The van der Waals surface area contributed by atoms with Crippen LogP contribution in [0.4, 0.5) is 0 Å². The van der Waals surface area contributed by atoms with Crippen LogP contribution in [-0.2, 0) is 0 Å². The molecule has 0 unspecified atom stereocenters. The fourth-order valence-electron chi connectivity index (χ4n) is 2.21. The van der Waals surface area contributed by atoms with E-state index in [0.717, 1.165) is 12.8 Å². The molecular formula is C13H14Cl3NO2. The van der Waals surface area contributed by atoms with E-state index in [2.05, 4.69) is 5.32 Å². The molecule has 2 N–H and O–H groups in total. The number of benzene rings is 1. The zero-order chi connectivity index (χ0) is 14.0. The Morgan fingerprint density at radius 2 is 1.68 bits per heavy atom. The molecule has 1 aromatic carbocycles. The molecule has 1 amide bonds. The Morgan fingerprint density at radius 1 is 1.11 bits per heavy atom. The molecule has 0 aliphatic heterocycles. The van der Waals surface area contributed by atoms with Crippen LogP contribution in [0.5, 0.6) is 0 Å². The topological polar surface area (TPSA) is 49.3 Å². The van der Waals surface area contributed by atoms with Crippen molar-refractivity contribution in [3.8, 4) is 0 Å². The largest absolute Gasteiger partial charge is 0.393 e. The number of aliphatic hydroxyl groups excluding tert-OH is 1. The monoisotopic (exact) mass is 321 g/mol. The number of amides is 1. The van der Waals surface area contributed by atoms with E-state index in [4.69, 9.17) is 34.8 Å². The highest BCUT2D eigenvalue weighted by Crippen LogP contribution is 2.31. The molecule has 0 heterocycles. The second kappa shape index (κ2) is 6.31. The molecule has 0 atom stereocenters. The van der Waals surface area contributed by atoms with Crippen LogP contribution >= 0.6 is 34.8 Å². The maximum atomic E-state index is 12.2. The third kappa shape index (κ3) is 3.54. The van der Waals surface area contributed by atoms with Gasteiger partial charge in [0.05, 0.1) is 26.7 Å². The van der Waals surface area contributed by atoms with Gasteiger partial charge in [-0.25, -0.2) is 0 Å². The summed E-state index contributed by atoms with van der Waals surface area (Å²) in [7, 11) is 0. The fraction of sp³-hybridized carbons (Fsp3) is 0.462. The van der Waals surface area contributed by atoms with Crippen molar-refractivity contribution in [3.05, 3.63) is 32.8 Å². The lowest BCUT2D eigenvalue weighted by Crippen LogP contribution is -2.38. The molecule has 6 heteroatoms. The smallest absolute Gasteiger partial charge is 0.254 e. The molecule has 1 aliphatic rings. The van der Waals surface area contributed by atoms with Gasteiger partial charge >= 0.3 is 0 Å². The molecule has 1 fully saturated rings. The lowest BCUT2D eigenvalue weighted by molar-refractivity contribution is 0.0868. The molecule has 0 saturated heterocycles. The second-order valence-electron chi connectivity index (χ2n) is 4.70. The number of carbonyl (C=O) groups excluding carboxylic acids is 1. The van der Waals surface area contributed by atoms with Crippen LogP contribution in [0.25, 0.3) is 0 Å². The average molecular weight is 323 g/mol. The summed E-state index contributed by atoms with van der Waals surface area (Å²) in [5.74, 6) is -0.320. The van der Waals surface area contributed by atoms with Crippen molar-refractivity contribution in [1.29, 1.82) is 0 Å². The minimum atomic E-state index is -0.320. The van der Waals surface area contributed by atoms with Crippen LogP contribution in [0.15, 0.2) is 12.1 Å². The van der Waals surface area contributed by atoms with E-state index in [9.17, 15) is 9.90 Å². The fourth-order valence-corrected chi connectivity index (χ4v) is 2.91. The van der Waals surface area contributed by atoms with E-state index in [0.29, 0.717) is 17.9 Å². The first-order valence-corrected chi connectivity index (χ1v) is 7.25. The molecule has 0 radical (unpaired) electrons. The van der Waals surface area contributed by atoms with Crippen molar-refractivity contribution < 1.29 is 9.90 Å². The first-order chi connectivity index (χ1) is 8.99. The summed E-state index contributed by atoms with van der Waals surface area (Å²) in [5.41, 5.74) is 0.210. The highest BCUT2D eigenvalue weighted by molar-refractivity contribution is 6.46. The molecule has 1 saturated carbocycles. The van der Waals surface area contributed by atoms with Crippen LogP contribution in [0.2, 0.25) is 15.1 Å². The van der Waals surface area contributed by atoms with Crippen LogP contribution in [0.1, 0.15) is 36.0 Å². The third-order valence-corrected chi connectivity index (χ3v) is 4.42. The summed E-state index contributed by atoms with van der Waals surface area (Å²) in [5, 5.41) is 13.1. The molecule has 1 aliphatic carbocycles. The summed E-state index contributed by atoms with van der Waals surface area (Å²) < 4.78 is 0. The summed E-state index contributed by atoms with van der Waals surface area (Å²) in [4.78, 5) is 12.2. The number of aliphatic hydroxyl groups is 1. The van der Waals surface area contributed by atoms with E-state index >= 15 is 0 Å². The molecule has 3 nitrogen and oxygen atoms in total. The van der Waals surface area contributed by atoms with Gasteiger partial charge in [-0.1, -0.05) is 34.8 Å². The molecule has 0 spiro atoms. The van der Waals surface area contributed by atoms with Gasteiger partial charge in [0, 0.05) is 6.04 Å². The Bertz CT molecular complexity index is 485. The Kier molecular flexibility index (Phi) is 4.96. The SMILES string of the molecule is O=C(NC1CCC(O)CC1)c1c(Cl)ccc(Cl)c1Cl. The van der Waals surface area contributed by atoms with Gasteiger partial charge in [0.1, 0.15) is 0 Å². The van der Waals surface area contributed by atoms with Gasteiger partial charge in [0.15, 0.2) is 0 Å². The number of nitrogens with one attached hydrogen (secondary N) is 1. The average Bonchev–Trinajstić information content (AvgIpc) is 2.37. The first kappa shape index (κ1) is 14.9. The minimum absolute atomic E-state index is 0.0435. The maximum absolute atomic E-state index is 12.2. The van der Waals surface area contributed by atoms with Gasteiger partial charge < -0.3 is 10.4 Å². The van der Waals surface area contributed by atoms with Gasteiger partial charge in [-0.2, -0.15) is 0 Å². The Morgan fingerprint density at radius 3 is 2.32 bits per heavy atom. The van der Waals surface area contributed by atoms with Crippen LogP contribution in [-0.4, -0.2) is 23.2 Å². The molecule has 2 rings (SSSR count). The van der Waals surface area contributed by atoms with Crippen molar-refractivity contribution in [2.24, 2.45) is 0 Å². The van der Waals surface area contributed by atoms with Crippen molar-refractivity contribution in [3.63, 3.8) is 0 Å². The number of hydrogen-bond acceptors (Lipinski definition) is 2. The van der Waals surface area contributed by atoms with Gasteiger partial charge in [-0.3, -0.25) is 4.79 Å². The molecule has 1 aromatic rings. The summed E-state index contributed by atoms with van der Waals surface area (Å²) in [6, 6.07) is 3.15. The Hall–Kier alpha value is -0.480. The van der Waals surface area contributed by atoms with E-state index in [1.807, 2.05) is 0 Å². The second-order valence-corrected chi connectivity index (χ2v) is 5.89. The number of halogens is 3. The zero-order valence-corrected chi connectivity index (χ0v) is 12.4. The molecule has 19 heavy (non-hydrogen) atoms. The van der Waals surface area contributed by atoms with Crippen molar-refractivity contribution in [1.82, 2.24) is 5.32 Å². The lowest BCUT2D eigenvalue weighted by atomic mass is 9.93. The predicted molar refractivity (Wildman–Crippen MR) is 77.2 cm³/mol. The van der Waals surface area contributed by atoms with Gasteiger partial charge in [-0.05, 0) is 37.8 Å². The lowest BCUT2D eigenvalue weighted by Gasteiger charge is -2.26. The standard InChI is InChI=1S/C13H14Cl3NO2/c14-9-5-6-10(15)12(16)11(9)13(19)17-7-1-3-8(18)4-2-7/h5-8,18H,1-4H2,(H,17,19). The summed E-state index contributed by atoms with van der Waals surface area (Å²) in [6.45, 7) is 0. The van der Waals surface area contributed by atoms with Gasteiger partial charge in [0.2, 0.25) is 0 Å². The van der Waals surface area contributed by atoms with E-state index < -0.39 is 0 Å². The summed E-state index contributed by atoms with van der Waals surface area (Å²) in [6.07, 6.45) is 2.64. The molecular weight excluding hydrogens is 309 g/mol.